The van der Waals surface area contributed by atoms with Gasteiger partial charge < -0.3 is 5.73 Å². The molecule has 0 spiro atoms. The highest BCUT2D eigenvalue weighted by molar-refractivity contribution is 5.38. The van der Waals surface area contributed by atoms with Crippen LogP contribution in [0.3, 0.4) is 0 Å². The predicted molar refractivity (Wildman–Crippen MR) is 76.1 cm³/mol. The Labute approximate surface area is 113 Å². The second-order valence-electron chi connectivity index (χ2n) is 5.19. The largest absolute Gasteiger partial charge is 0.330 e. The minimum atomic E-state index is 0.354. The van der Waals surface area contributed by atoms with Gasteiger partial charge >= 0.3 is 0 Å². The van der Waals surface area contributed by atoms with Gasteiger partial charge in [-0.3, -0.25) is 0 Å². The number of hydrogen-bond acceptors (Lipinski definition) is 3. The second-order valence-corrected chi connectivity index (χ2v) is 5.19. The molecule has 98 valence electrons. The van der Waals surface area contributed by atoms with E-state index in [9.17, 15) is 0 Å². The highest BCUT2D eigenvalue weighted by Gasteiger charge is 2.26. The van der Waals surface area contributed by atoms with E-state index in [0.29, 0.717) is 12.5 Å². The topological polar surface area (TPSA) is 51.8 Å². The maximum absolute atomic E-state index is 5.63. The molecule has 3 rings (SSSR count). The molecule has 19 heavy (non-hydrogen) atoms. The van der Waals surface area contributed by atoms with Crippen LogP contribution in [0, 0.1) is 6.92 Å². The molecule has 0 bridgehead atoms. The van der Waals surface area contributed by atoms with Crippen molar-refractivity contribution in [1.29, 1.82) is 0 Å². The van der Waals surface area contributed by atoms with Crippen molar-refractivity contribution in [2.75, 3.05) is 6.54 Å². The van der Waals surface area contributed by atoms with Gasteiger partial charge in [-0.05, 0) is 43.5 Å². The van der Waals surface area contributed by atoms with Crippen molar-refractivity contribution in [3.8, 4) is 0 Å². The SMILES string of the molecule is Cc1cc(CCN)nc(C2CCc3ccccc32)n1. The van der Waals surface area contributed by atoms with Crippen LogP contribution in [0.25, 0.3) is 0 Å². The molecule has 1 heterocycles. The van der Waals surface area contributed by atoms with Gasteiger partial charge in [0, 0.05) is 23.7 Å². The maximum Gasteiger partial charge on any atom is 0.136 e. The van der Waals surface area contributed by atoms with Crippen molar-refractivity contribution in [3.05, 3.63) is 58.7 Å². The summed E-state index contributed by atoms with van der Waals surface area (Å²) in [5.41, 5.74) is 10.6. The predicted octanol–water partition coefficient (Wildman–Crippen LogP) is 2.36. The van der Waals surface area contributed by atoms with Crippen molar-refractivity contribution < 1.29 is 0 Å². The average molecular weight is 253 g/mol. The summed E-state index contributed by atoms with van der Waals surface area (Å²) in [6, 6.07) is 10.7. The molecule has 1 aliphatic carbocycles. The molecule has 2 aromatic rings. The normalized spacial score (nSPS) is 17.5. The minimum Gasteiger partial charge on any atom is -0.330 e. The van der Waals surface area contributed by atoms with Gasteiger partial charge in [-0.25, -0.2) is 9.97 Å². The number of nitrogens with two attached hydrogens (primary N) is 1. The fraction of sp³-hybridized carbons (Fsp3) is 0.375. The number of aryl methyl sites for hydroxylation is 2. The van der Waals surface area contributed by atoms with E-state index in [4.69, 9.17) is 10.7 Å². The van der Waals surface area contributed by atoms with Gasteiger partial charge in [-0.1, -0.05) is 24.3 Å². The molecule has 0 saturated carbocycles. The molecule has 1 atom stereocenters. The number of hydrogen-bond donors (Lipinski definition) is 1. The van der Waals surface area contributed by atoms with Crippen molar-refractivity contribution in [3.63, 3.8) is 0 Å². The van der Waals surface area contributed by atoms with Crippen LogP contribution in [0.5, 0.6) is 0 Å². The van der Waals surface area contributed by atoms with Crippen LogP contribution in [0.4, 0.5) is 0 Å². The zero-order valence-corrected chi connectivity index (χ0v) is 11.3. The first kappa shape index (κ1) is 12.3. The maximum atomic E-state index is 5.63. The van der Waals surface area contributed by atoms with Crippen LogP contribution in [0.1, 0.15) is 40.7 Å². The van der Waals surface area contributed by atoms with E-state index in [1.165, 1.54) is 11.1 Å². The zero-order chi connectivity index (χ0) is 13.2. The number of rotatable bonds is 3. The van der Waals surface area contributed by atoms with Crippen molar-refractivity contribution in [1.82, 2.24) is 9.97 Å². The smallest absolute Gasteiger partial charge is 0.136 e. The average Bonchev–Trinajstić information content (AvgIpc) is 2.82. The first-order valence-electron chi connectivity index (χ1n) is 6.90. The molecular weight excluding hydrogens is 234 g/mol. The summed E-state index contributed by atoms with van der Waals surface area (Å²) in [5.74, 6) is 1.32. The summed E-state index contributed by atoms with van der Waals surface area (Å²) in [6.45, 7) is 2.67. The fourth-order valence-electron chi connectivity index (χ4n) is 2.92. The van der Waals surface area contributed by atoms with E-state index < -0.39 is 0 Å². The van der Waals surface area contributed by atoms with Crippen molar-refractivity contribution in [2.45, 2.75) is 32.1 Å². The lowest BCUT2D eigenvalue weighted by Crippen LogP contribution is -2.10. The van der Waals surface area contributed by atoms with Gasteiger partial charge in [0.1, 0.15) is 5.82 Å². The molecule has 0 fully saturated rings. The quantitative estimate of drug-likeness (QED) is 0.913. The lowest BCUT2D eigenvalue weighted by Gasteiger charge is -2.12. The molecule has 0 amide bonds. The molecule has 1 aromatic heterocycles. The zero-order valence-electron chi connectivity index (χ0n) is 11.3. The highest BCUT2D eigenvalue weighted by atomic mass is 14.9. The summed E-state index contributed by atoms with van der Waals surface area (Å²) >= 11 is 0. The van der Waals surface area contributed by atoms with Gasteiger partial charge in [-0.15, -0.1) is 0 Å². The Morgan fingerprint density at radius 2 is 2.11 bits per heavy atom. The van der Waals surface area contributed by atoms with E-state index in [2.05, 4.69) is 29.2 Å². The molecule has 3 nitrogen and oxygen atoms in total. The van der Waals surface area contributed by atoms with Crippen molar-refractivity contribution >= 4 is 0 Å². The molecule has 1 aliphatic rings. The third kappa shape index (κ3) is 2.38. The van der Waals surface area contributed by atoms with E-state index in [0.717, 1.165) is 36.5 Å². The van der Waals surface area contributed by atoms with Gasteiger partial charge in [0.05, 0.1) is 0 Å². The third-order valence-corrected chi connectivity index (χ3v) is 3.77. The highest BCUT2D eigenvalue weighted by Crippen LogP contribution is 2.36. The summed E-state index contributed by atoms with van der Waals surface area (Å²) in [6.07, 6.45) is 3.07. The van der Waals surface area contributed by atoms with Gasteiger partial charge in [0.25, 0.3) is 0 Å². The van der Waals surface area contributed by atoms with Crippen LogP contribution >= 0.6 is 0 Å². The Morgan fingerprint density at radius 3 is 2.95 bits per heavy atom. The number of aromatic nitrogens is 2. The Morgan fingerprint density at radius 1 is 1.26 bits per heavy atom. The molecule has 1 unspecified atom stereocenters. The van der Waals surface area contributed by atoms with Crippen LogP contribution < -0.4 is 5.73 Å². The molecule has 0 radical (unpaired) electrons. The first-order chi connectivity index (χ1) is 9.28. The lowest BCUT2D eigenvalue weighted by atomic mass is 10.0. The Bertz CT molecular complexity index is 592. The molecule has 1 aromatic carbocycles. The molecule has 3 heteroatoms. The third-order valence-electron chi connectivity index (χ3n) is 3.77. The molecule has 0 aliphatic heterocycles. The van der Waals surface area contributed by atoms with Crippen LogP contribution in [0.2, 0.25) is 0 Å². The standard InChI is InChI=1S/C16H19N3/c1-11-10-13(8-9-17)19-16(18-11)15-7-6-12-4-2-3-5-14(12)15/h2-5,10,15H,6-9,17H2,1H3. The number of benzene rings is 1. The van der Waals surface area contributed by atoms with Gasteiger partial charge in [0.15, 0.2) is 0 Å². The minimum absolute atomic E-state index is 0.354. The lowest BCUT2D eigenvalue weighted by molar-refractivity contribution is 0.711. The molecular formula is C16H19N3. The number of fused-ring (bicyclic) bond motifs is 1. The second kappa shape index (κ2) is 5.10. The Balaban J connectivity index is 1.99. The van der Waals surface area contributed by atoms with Crippen LogP contribution in [-0.2, 0) is 12.8 Å². The fourth-order valence-corrected chi connectivity index (χ4v) is 2.92. The van der Waals surface area contributed by atoms with Gasteiger partial charge in [-0.2, -0.15) is 0 Å². The van der Waals surface area contributed by atoms with E-state index in [-0.39, 0.29) is 0 Å². The Hall–Kier alpha value is -1.74. The summed E-state index contributed by atoms with van der Waals surface area (Å²) < 4.78 is 0. The molecule has 0 saturated heterocycles. The van der Waals surface area contributed by atoms with Crippen LogP contribution in [0.15, 0.2) is 30.3 Å². The van der Waals surface area contributed by atoms with Crippen molar-refractivity contribution in [2.24, 2.45) is 5.73 Å². The van der Waals surface area contributed by atoms with Crippen LogP contribution in [-0.4, -0.2) is 16.5 Å². The monoisotopic (exact) mass is 253 g/mol. The first-order valence-corrected chi connectivity index (χ1v) is 6.90. The summed E-state index contributed by atoms with van der Waals surface area (Å²) in [5, 5.41) is 0. The molecule has 2 N–H and O–H groups in total. The summed E-state index contributed by atoms with van der Waals surface area (Å²) in [7, 11) is 0. The summed E-state index contributed by atoms with van der Waals surface area (Å²) in [4.78, 5) is 9.36. The van der Waals surface area contributed by atoms with E-state index in [1.54, 1.807) is 0 Å². The van der Waals surface area contributed by atoms with Gasteiger partial charge in [0.2, 0.25) is 0 Å². The Kier molecular flexibility index (Phi) is 3.30. The number of nitrogens with zero attached hydrogens (tertiary/aromatic N) is 2. The van der Waals surface area contributed by atoms with E-state index >= 15 is 0 Å². The van der Waals surface area contributed by atoms with E-state index in [1.807, 2.05) is 13.0 Å².